The van der Waals surface area contributed by atoms with Crippen LogP contribution in [0.25, 0.3) is 0 Å². The smallest absolute Gasteiger partial charge is 0.139 e. The van der Waals surface area contributed by atoms with Crippen LogP contribution >= 0.6 is 0 Å². The summed E-state index contributed by atoms with van der Waals surface area (Å²) in [6.45, 7) is 3.03. The van der Waals surface area contributed by atoms with Crippen LogP contribution in [-0.4, -0.2) is 25.0 Å². The lowest BCUT2D eigenvalue weighted by Crippen LogP contribution is -2.61. The summed E-state index contributed by atoms with van der Waals surface area (Å²) in [5.41, 5.74) is 1.34. The standard InChI is InChI=1S/C26H36FNO/c1-19-11-20(7-10-28-19)12-23(29)26-15-21-13-24(17-26,8-9-27)16-25(14-21,18-26)22-5-3-2-4-6-22/h2-6,19-21,28H,7-18H2,1H3/t19-,20-,21?,24+,25+,26?/m0/s1. The van der Waals surface area contributed by atoms with Gasteiger partial charge in [0.15, 0.2) is 0 Å². The first-order valence-electron chi connectivity index (χ1n) is 11.8. The highest BCUT2D eigenvalue weighted by Crippen LogP contribution is 2.71. The molecule has 3 heteroatoms. The van der Waals surface area contributed by atoms with E-state index in [9.17, 15) is 9.18 Å². The third-order valence-electron chi connectivity index (χ3n) is 8.99. The molecule has 1 N–H and O–H groups in total. The van der Waals surface area contributed by atoms with Gasteiger partial charge in [0.05, 0.1) is 6.67 Å². The molecule has 158 valence electrons. The van der Waals surface area contributed by atoms with Crippen LogP contribution in [0.4, 0.5) is 4.39 Å². The van der Waals surface area contributed by atoms with Crippen molar-refractivity contribution >= 4 is 5.78 Å². The summed E-state index contributed by atoms with van der Waals surface area (Å²) in [5, 5.41) is 3.52. The van der Waals surface area contributed by atoms with Gasteiger partial charge in [0.25, 0.3) is 0 Å². The van der Waals surface area contributed by atoms with Crippen molar-refractivity contribution in [3.8, 4) is 0 Å². The second kappa shape index (κ2) is 7.18. The number of halogens is 1. The summed E-state index contributed by atoms with van der Waals surface area (Å²) in [6, 6.07) is 11.4. The van der Waals surface area contributed by atoms with Gasteiger partial charge in [0.1, 0.15) is 5.78 Å². The van der Waals surface area contributed by atoms with Crippen LogP contribution < -0.4 is 5.32 Å². The topological polar surface area (TPSA) is 29.1 Å². The van der Waals surface area contributed by atoms with E-state index in [1.165, 1.54) is 12.0 Å². The van der Waals surface area contributed by atoms with Crippen molar-refractivity contribution in [2.45, 2.75) is 82.6 Å². The number of carbonyl (C=O) groups is 1. The monoisotopic (exact) mass is 397 g/mol. The van der Waals surface area contributed by atoms with Crippen molar-refractivity contribution in [1.29, 1.82) is 0 Å². The number of hydrogen-bond acceptors (Lipinski definition) is 2. The van der Waals surface area contributed by atoms with Gasteiger partial charge in [-0.2, -0.15) is 0 Å². The maximum atomic E-state index is 13.9. The molecule has 1 aliphatic heterocycles. The predicted octanol–water partition coefficient (Wildman–Crippen LogP) is 5.60. The fraction of sp³-hybridized carbons (Fsp3) is 0.731. The Kier molecular flexibility index (Phi) is 4.89. The average molecular weight is 398 g/mol. The molecule has 6 atom stereocenters. The molecule has 1 aromatic rings. The minimum atomic E-state index is -0.242. The summed E-state index contributed by atoms with van der Waals surface area (Å²) in [5.74, 6) is 1.63. The van der Waals surface area contributed by atoms with Gasteiger partial charge in [-0.15, -0.1) is 0 Å². The van der Waals surface area contributed by atoms with E-state index in [1.807, 2.05) is 0 Å². The van der Waals surface area contributed by atoms with Crippen molar-refractivity contribution in [3.05, 3.63) is 35.9 Å². The molecular weight excluding hydrogens is 361 g/mol. The Morgan fingerprint density at radius 1 is 1.14 bits per heavy atom. The van der Waals surface area contributed by atoms with E-state index in [4.69, 9.17) is 0 Å². The largest absolute Gasteiger partial charge is 0.314 e. The lowest BCUT2D eigenvalue weighted by Gasteiger charge is -2.66. The Bertz CT molecular complexity index is 765. The van der Waals surface area contributed by atoms with Crippen molar-refractivity contribution in [3.63, 3.8) is 0 Å². The number of hydrogen-bond donors (Lipinski definition) is 1. The third-order valence-corrected chi connectivity index (χ3v) is 8.99. The van der Waals surface area contributed by atoms with Gasteiger partial charge >= 0.3 is 0 Å². The highest BCUT2D eigenvalue weighted by Gasteiger charge is 2.65. The highest BCUT2D eigenvalue weighted by molar-refractivity contribution is 5.86. The number of rotatable bonds is 6. The van der Waals surface area contributed by atoms with Gasteiger partial charge in [-0.3, -0.25) is 9.18 Å². The zero-order valence-electron chi connectivity index (χ0n) is 17.9. The van der Waals surface area contributed by atoms with E-state index in [0.717, 1.165) is 57.9 Å². The van der Waals surface area contributed by atoms with E-state index in [1.54, 1.807) is 0 Å². The van der Waals surface area contributed by atoms with E-state index in [0.29, 0.717) is 30.1 Å². The highest BCUT2D eigenvalue weighted by atomic mass is 19.1. The zero-order chi connectivity index (χ0) is 20.1. The first kappa shape index (κ1) is 19.7. The normalized spacial score (nSPS) is 43.4. The summed E-state index contributed by atoms with van der Waals surface area (Å²) in [7, 11) is 0. The molecule has 0 aromatic heterocycles. The van der Waals surface area contributed by atoms with E-state index in [2.05, 4.69) is 42.6 Å². The van der Waals surface area contributed by atoms with E-state index < -0.39 is 0 Å². The number of benzene rings is 1. The molecule has 4 saturated carbocycles. The lowest BCUT2D eigenvalue weighted by atomic mass is 9.37. The molecule has 0 amide bonds. The average Bonchev–Trinajstić information content (AvgIpc) is 2.68. The van der Waals surface area contributed by atoms with Crippen LogP contribution in [0.2, 0.25) is 0 Å². The van der Waals surface area contributed by atoms with Crippen LogP contribution in [0, 0.1) is 22.7 Å². The second-order valence-electron chi connectivity index (χ2n) is 11.2. The molecule has 29 heavy (non-hydrogen) atoms. The molecule has 2 nitrogen and oxygen atoms in total. The number of alkyl halides is 1. The van der Waals surface area contributed by atoms with Gasteiger partial charge in [0, 0.05) is 17.9 Å². The van der Waals surface area contributed by atoms with Gasteiger partial charge in [-0.25, -0.2) is 0 Å². The summed E-state index contributed by atoms with van der Waals surface area (Å²) in [4.78, 5) is 13.9. The lowest BCUT2D eigenvalue weighted by molar-refractivity contribution is -0.163. The van der Waals surface area contributed by atoms with Crippen molar-refractivity contribution in [2.24, 2.45) is 22.7 Å². The van der Waals surface area contributed by atoms with Gasteiger partial charge in [-0.05, 0) is 99.5 Å². The number of carbonyl (C=O) groups excluding carboxylic acids is 1. The molecular formula is C26H36FNO. The van der Waals surface area contributed by atoms with Crippen LogP contribution in [0.5, 0.6) is 0 Å². The predicted molar refractivity (Wildman–Crippen MR) is 115 cm³/mol. The van der Waals surface area contributed by atoms with E-state index >= 15 is 0 Å². The third kappa shape index (κ3) is 3.38. The van der Waals surface area contributed by atoms with Crippen LogP contribution in [0.3, 0.4) is 0 Å². The van der Waals surface area contributed by atoms with Crippen LogP contribution in [-0.2, 0) is 10.2 Å². The molecule has 4 bridgehead atoms. The minimum absolute atomic E-state index is 0.0427. The summed E-state index contributed by atoms with van der Waals surface area (Å²) >= 11 is 0. The Labute approximate surface area is 175 Å². The molecule has 6 rings (SSSR count). The summed E-state index contributed by atoms with van der Waals surface area (Å²) < 4.78 is 13.7. The van der Waals surface area contributed by atoms with E-state index in [-0.39, 0.29) is 22.9 Å². The Hall–Kier alpha value is -1.22. The van der Waals surface area contributed by atoms with Crippen molar-refractivity contribution in [1.82, 2.24) is 5.32 Å². The quantitative estimate of drug-likeness (QED) is 0.677. The second-order valence-corrected chi connectivity index (χ2v) is 11.2. The number of Topliss-reactive ketones (excluding diaryl/α,β-unsaturated/α-hetero) is 1. The van der Waals surface area contributed by atoms with Gasteiger partial charge in [0.2, 0.25) is 0 Å². The SMILES string of the molecule is C[C@H]1C[C@@H](CC(=O)C23CC4C[C@@](CCF)(C2)C[C@](c2ccccc2)(C4)C3)CCN1. The number of nitrogens with one attached hydrogen (secondary N) is 1. The fourth-order valence-electron chi connectivity index (χ4n) is 8.44. The Morgan fingerprint density at radius 2 is 1.97 bits per heavy atom. The maximum absolute atomic E-state index is 13.9. The molecule has 5 aliphatic rings. The zero-order valence-corrected chi connectivity index (χ0v) is 17.9. The molecule has 2 unspecified atom stereocenters. The number of piperidine rings is 1. The number of ketones is 1. The van der Waals surface area contributed by atoms with Crippen molar-refractivity contribution in [2.75, 3.05) is 13.2 Å². The fourth-order valence-corrected chi connectivity index (χ4v) is 8.44. The Morgan fingerprint density at radius 3 is 2.72 bits per heavy atom. The molecule has 0 spiro atoms. The molecule has 0 radical (unpaired) electrons. The minimum Gasteiger partial charge on any atom is -0.314 e. The first-order valence-corrected chi connectivity index (χ1v) is 11.8. The van der Waals surface area contributed by atoms with Crippen LogP contribution in [0.15, 0.2) is 30.3 Å². The summed E-state index contributed by atoms with van der Waals surface area (Å²) in [6.07, 6.45) is 10.1. The Balaban J connectivity index is 1.47. The van der Waals surface area contributed by atoms with Crippen LogP contribution in [0.1, 0.15) is 76.7 Å². The van der Waals surface area contributed by atoms with Gasteiger partial charge < -0.3 is 5.32 Å². The molecule has 1 heterocycles. The molecule has 1 saturated heterocycles. The molecule has 4 aliphatic carbocycles. The molecule has 5 fully saturated rings. The molecule has 1 aromatic carbocycles. The van der Waals surface area contributed by atoms with Gasteiger partial charge in [-0.1, -0.05) is 30.3 Å². The first-order chi connectivity index (χ1) is 14.0. The van der Waals surface area contributed by atoms with Crippen molar-refractivity contribution < 1.29 is 9.18 Å². The maximum Gasteiger partial charge on any atom is 0.139 e.